The fourth-order valence-corrected chi connectivity index (χ4v) is 7.37. The monoisotopic (exact) mass is 679 g/mol. The molecular formula is C34H42F5N5O2S. The largest absolute Gasteiger partial charge is 0.460 e. The van der Waals surface area contributed by atoms with E-state index in [2.05, 4.69) is 33.6 Å². The summed E-state index contributed by atoms with van der Waals surface area (Å²) in [6, 6.07) is 4.66. The first-order chi connectivity index (χ1) is 22.1. The number of pyridine rings is 1. The molecule has 0 aliphatic carbocycles. The lowest BCUT2D eigenvalue weighted by Crippen LogP contribution is -2.47. The Balaban J connectivity index is 1.34. The quantitative estimate of drug-likeness (QED) is 0.174. The minimum Gasteiger partial charge on any atom is -0.460 e. The number of esters is 1. The summed E-state index contributed by atoms with van der Waals surface area (Å²) in [5, 5.41) is 0.489. The van der Waals surface area contributed by atoms with Crippen LogP contribution in [0.2, 0.25) is 0 Å². The molecule has 0 saturated carbocycles. The number of carbonyl (C=O) groups excluding carboxylic acids is 1. The summed E-state index contributed by atoms with van der Waals surface area (Å²) in [6.45, 7) is 13.2. The molecule has 2 atom stereocenters. The Morgan fingerprint density at radius 1 is 1.02 bits per heavy atom. The zero-order valence-electron chi connectivity index (χ0n) is 27.5. The summed E-state index contributed by atoms with van der Waals surface area (Å²) in [5.74, 6) is -1.72. The van der Waals surface area contributed by atoms with E-state index >= 15 is 4.39 Å². The number of aromatic nitrogens is 2. The van der Waals surface area contributed by atoms with Gasteiger partial charge in [-0.15, -0.1) is 11.3 Å². The Morgan fingerprint density at radius 3 is 2.34 bits per heavy atom. The van der Waals surface area contributed by atoms with Crippen LogP contribution >= 0.6 is 11.3 Å². The van der Waals surface area contributed by atoms with Crippen LogP contribution in [0.25, 0.3) is 11.3 Å². The van der Waals surface area contributed by atoms with Crippen molar-refractivity contribution < 1.29 is 31.5 Å². The summed E-state index contributed by atoms with van der Waals surface area (Å²) in [5.41, 5.74) is -0.698. The van der Waals surface area contributed by atoms with Gasteiger partial charge < -0.3 is 9.64 Å². The van der Waals surface area contributed by atoms with E-state index in [0.717, 1.165) is 25.0 Å². The van der Waals surface area contributed by atoms with Crippen molar-refractivity contribution in [3.05, 3.63) is 63.2 Å². The molecule has 13 heteroatoms. The minimum absolute atomic E-state index is 0.0414. The second kappa shape index (κ2) is 14.1. The highest BCUT2D eigenvalue weighted by Gasteiger charge is 2.33. The van der Waals surface area contributed by atoms with Crippen LogP contribution in [0.3, 0.4) is 0 Å². The number of thiazole rings is 1. The molecule has 256 valence electrons. The van der Waals surface area contributed by atoms with E-state index in [1.807, 2.05) is 25.7 Å². The molecular weight excluding hydrogens is 637 g/mol. The Kier molecular flexibility index (Phi) is 10.6. The van der Waals surface area contributed by atoms with Crippen molar-refractivity contribution in [3.63, 3.8) is 0 Å². The number of carbonyl (C=O) groups is 1. The average Bonchev–Trinajstić information content (AvgIpc) is 3.53. The van der Waals surface area contributed by atoms with Crippen molar-refractivity contribution in [2.24, 2.45) is 0 Å². The molecule has 0 radical (unpaired) electrons. The van der Waals surface area contributed by atoms with E-state index in [4.69, 9.17) is 4.74 Å². The molecule has 5 rings (SSSR count). The number of likely N-dealkylation sites (tertiary alicyclic amines) is 1. The van der Waals surface area contributed by atoms with Crippen molar-refractivity contribution in [2.45, 2.75) is 90.7 Å². The molecule has 2 fully saturated rings. The van der Waals surface area contributed by atoms with Crippen LogP contribution < -0.4 is 4.90 Å². The summed E-state index contributed by atoms with van der Waals surface area (Å²) >= 11 is 1.30. The number of benzene rings is 1. The maximum Gasteiger partial charge on any atom is 0.416 e. The van der Waals surface area contributed by atoms with Gasteiger partial charge >= 0.3 is 12.1 Å². The van der Waals surface area contributed by atoms with Crippen molar-refractivity contribution in [3.8, 4) is 11.3 Å². The fourth-order valence-electron chi connectivity index (χ4n) is 6.27. The summed E-state index contributed by atoms with van der Waals surface area (Å²) in [4.78, 5) is 28.2. The number of nitrogens with zero attached hydrogens (tertiary/aromatic N) is 5. The highest BCUT2D eigenvalue weighted by molar-refractivity contribution is 7.12. The van der Waals surface area contributed by atoms with Crippen molar-refractivity contribution in [1.29, 1.82) is 0 Å². The number of hydrogen-bond acceptors (Lipinski definition) is 8. The first-order valence-corrected chi connectivity index (χ1v) is 16.8. The maximum atomic E-state index is 16.0. The SMILES string of the molecule is C[C@@H]1CC[C@@H](C)N1Cc1sc(Cc2nccc(N3CCN(CCC(=O)OC(C)(C)C)CC3)c2F)nc1-c1cc(F)cc(C(F)(F)F)c1. The number of rotatable bonds is 9. The molecule has 0 unspecified atom stereocenters. The van der Waals surface area contributed by atoms with Crippen LogP contribution in [0.4, 0.5) is 27.6 Å². The van der Waals surface area contributed by atoms with Crippen LogP contribution in [0.5, 0.6) is 0 Å². The number of halogens is 5. The Labute approximate surface area is 276 Å². The second-order valence-corrected chi connectivity index (χ2v) is 14.7. The zero-order valence-corrected chi connectivity index (χ0v) is 28.3. The van der Waals surface area contributed by atoms with Gasteiger partial charge in [0, 0.05) is 74.4 Å². The molecule has 0 N–H and O–H groups in total. The predicted octanol–water partition coefficient (Wildman–Crippen LogP) is 7.32. The van der Waals surface area contributed by atoms with E-state index in [9.17, 15) is 22.4 Å². The molecule has 4 heterocycles. The van der Waals surface area contributed by atoms with Gasteiger partial charge in [-0.2, -0.15) is 13.2 Å². The third-order valence-corrected chi connectivity index (χ3v) is 9.77. The predicted molar refractivity (Wildman–Crippen MR) is 172 cm³/mol. The highest BCUT2D eigenvalue weighted by Crippen LogP contribution is 2.38. The number of ether oxygens (including phenoxy) is 1. The highest BCUT2D eigenvalue weighted by atomic mass is 32.1. The molecule has 0 bridgehead atoms. The third kappa shape index (κ3) is 8.85. The first-order valence-electron chi connectivity index (χ1n) is 16.0. The maximum absolute atomic E-state index is 16.0. The molecule has 2 aliphatic heterocycles. The number of anilines is 1. The van der Waals surface area contributed by atoms with Gasteiger partial charge in [0.25, 0.3) is 0 Å². The van der Waals surface area contributed by atoms with E-state index < -0.39 is 29.0 Å². The lowest BCUT2D eigenvalue weighted by molar-refractivity contribution is -0.155. The Morgan fingerprint density at radius 2 is 1.70 bits per heavy atom. The van der Waals surface area contributed by atoms with E-state index in [-0.39, 0.29) is 47.8 Å². The van der Waals surface area contributed by atoms with Crippen molar-refractivity contribution in [1.82, 2.24) is 19.8 Å². The normalized spacial score (nSPS) is 19.8. The molecule has 2 aromatic heterocycles. The van der Waals surface area contributed by atoms with Gasteiger partial charge in [-0.3, -0.25) is 19.6 Å². The molecule has 3 aromatic rings. The fraction of sp³-hybridized carbons (Fsp3) is 0.559. The first kappa shape index (κ1) is 35.2. The van der Waals surface area contributed by atoms with Gasteiger partial charge in [-0.25, -0.2) is 13.8 Å². The summed E-state index contributed by atoms with van der Waals surface area (Å²) < 4.78 is 76.6. The van der Waals surface area contributed by atoms with Crippen LogP contribution in [0.1, 0.15) is 75.0 Å². The number of piperazine rings is 1. The van der Waals surface area contributed by atoms with Gasteiger partial charge in [0.05, 0.1) is 34.1 Å². The van der Waals surface area contributed by atoms with Gasteiger partial charge in [0.2, 0.25) is 0 Å². The van der Waals surface area contributed by atoms with Gasteiger partial charge in [0.1, 0.15) is 11.4 Å². The minimum atomic E-state index is -4.72. The van der Waals surface area contributed by atoms with Gasteiger partial charge in [0.15, 0.2) is 5.82 Å². The van der Waals surface area contributed by atoms with Crippen molar-refractivity contribution in [2.75, 3.05) is 37.6 Å². The van der Waals surface area contributed by atoms with Gasteiger partial charge in [-0.1, -0.05) is 0 Å². The molecule has 2 saturated heterocycles. The molecule has 0 amide bonds. The lowest BCUT2D eigenvalue weighted by atomic mass is 10.1. The van der Waals surface area contributed by atoms with Crippen LogP contribution in [0, 0.1) is 11.6 Å². The lowest BCUT2D eigenvalue weighted by Gasteiger charge is -2.36. The third-order valence-electron chi connectivity index (χ3n) is 8.73. The molecule has 2 aliphatic rings. The molecule has 47 heavy (non-hydrogen) atoms. The molecule has 1 aromatic carbocycles. The zero-order chi connectivity index (χ0) is 34.1. The second-order valence-electron chi connectivity index (χ2n) is 13.5. The standard InChI is InChI=1S/C34H42F5N5O2S/c1-21-6-7-22(2)44(21)20-28-32(23-16-24(34(37,38)39)18-25(35)17-23)41-29(47-28)19-26-31(36)27(8-10-40-26)43-14-12-42(13-15-43)11-9-30(45)46-33(3,4)5/h8,10,16-18,21-22H,6-7,9,11-15,19-20H2,1-5H3/t21-,22-/m1/s1. The van der Waals surface area contributed by atoms with Crippen LogP contribution in [-0.2, 0) is 28.7 Å². The average molecular weight is 680 g/mol. The summed E-state index contributed by atoms with van der Waals surface area (Å²) in [7, 11) is 0. The van der Waals surface area contributed by atoms with Gasteiger partial charge in [-0.05, 0) is 71.7 Å². The number of hydrogen-bond donors (Lipinski definition) is 0. The van der Waals surface area contributed by atoms with Crippen LogP contribution in [0.15, 0.2) is 30.5 Å². The van der Waals surface area contributed by atoms with E-state index in [1.54, 1.807) is 12.3 Å². The molecule has 7 nitrogen and oxygen atoms in total. The smallest absolute Gasteiger partial charge is 0.416 e. The summed E-state index contributed by atoms with van der Waals surface area (Å²) in [6.07, 6.45) is -0.843. The topological polar surface area (TPSA) is 61.8 Å². The number of alkyl halides is 3. The Hall–Kier alpha value is -3.16. The van der Waals surface area contributed by atoms with Crippen LogP contribution in [-0.4, -0.2) is 76.1 Å². The Bertz CT molecular complexity index is 1560. The van der Waals surface area contributed by atoms with E-state index in [0.29, 0.717) is 60.9 Å². The van der Waals surface area contributed by atoms with E-state index in [1.165, 1.54) is 11.3 Å². The van der Waals surface area contributed by atoms with Crippen molar-refractivity contribution >= 4 is 23.0 Å². The molecule has 0 spiro atoms.